The summed E-state index contributed by atoms with van der Waals surface area (Å²) in [6.07, 6.45) is 3.95. The molecule has 0 atom stereocenters. The molecule has 0 spiro atoms. The largest absolute Gasteiger partial charge is 0.357 e. The maximum absolute atomic E-state index is 13.5. The van der Waals surface area contributed by atoms with E-state index in [2.05, 4.69) is 15.6 Å². The Labute approximate surface area is 145 Å². The van der Waals surface area contributed by atoms with E-state index in [1.165, 1.54) is 6.07 Å². The molecule has 0 amide bonds. The quantitative estimate of drug-likeness (QED) is 0.454. The van der Waals surface area contributed by atoms with Crippen molar-refractivity contribution < 1.29 is 8.78 Å². The Kier molecular flexibility index (Phi) is 7.30. The third-order valence-electron chi connectivity index (χ3n) is 3.03. The van der Waals surface area contributed by atoms with E-state index in [0.29, 0.717) is 12.5 Å². The molecule has 1 aromatic heterocycles. The topological polar surface area (TPSA) is 41.4 Å². The van der Waals surface area contributed by atoms with Crippen LogP contribution in [-0.4, -0.2) is 17.6 Å². The van der Waals surface area contributed by atoms with Gasteiger partial charge in [-0.2, -0.15) is 0 Å². The lowest BCUT2D eigenvalue weighted by atomic mass is 10.2. The minimum absolute atomic E-state index is 0. The molecule has 2 rings (SSSR count). The number of nitrogens with one attached hydrogen (secondary N) is 2. The first-order valence-electron chi connectivity index (χ1n) is 6.58. The van der Waals surface area contributed by atoms with E-state index in [-0.39, 0.29) is 36.1 Å². The smallest absolute Gasteiger partial charge is 0.191 e. The molecule has 120 valence electrons. The molecule has 0 unspecified atom stereocenters. The molecule has 0 aliphatic rings. The molecule has 0 aliphatic heterocycles. The molecule has 22 heavy (non-hydrogen) atoms. The molecular weight excluding hydrogens is 401 g/mol. The van der Waals surface area contributed by atoms with Crippen LogP contribution in [0.3, 0.4) is 0 Å². The van der Waals surface area contributed by atoms with Crippen molar-refractivity contribution in [3.05, 3.63) is 59.4 Å². The van der Waals surface area contributed by atoms with E-state index in [1.54, 1.807) is 7.05 Å². The van der Waals surface area contributed by atoms with Crippen molar-refractivity contribution in [2.45, 2.75) is 13.1 Å². The molecule has 0 aliphatic carbocycles. The van der Waals surface area contributed by atoms with Gasteiger partial charge in [-0.3, -0.25) is 4.99 Å². The lowest BCUT2D eigenvalue weighted by Gasteiger charge is -2.12. The summed E-state index contributed by atoms with van der Waals surface area (Å²) in [5, 5.41) is 6.07. The number of aliphatic imine (C=N–C) groups is 1. The average molecular weight is 420 g/mol. The zero-order valence-corrected chi connectivity index (χ0v) is 14.8. The highest BCUT2D eigenvalue weighted by atomic mass is 127. The molecule has 0 bridgehead atoms. The number of halogens is 3. The Morgan fingerprint density at radius 3 is 2.55 bits per heavy atom. The highest BCUT2D eigenvalue weighted by molar-refractivity contribution is 14.0. The lowest BCUT2D eigenvalue weighted by molar-refractivity contribution is 0.581. The van der Waals surface area contributed by atoms with Gasteiger partial charge in [-0.25, -0.2) is 8.78 Å². The highest BCUT2D eigenvalue weighted by Gasteiger charge is 2.05. The predicted molar refractivity (Wildman–Crippen MR) is 94.2 cm³/mol. The van der Waals surface area contributed by atoms with Gasteiger partial charge in [0.15, 0.2) is 5.96 Å². The number of aryl methyl sites for hydroxylation is 1. The fourth-order valence-electron chi connectivity index (χ4n) is 1.93. The van der Waals surface area contributed by atoms with Crippen molar-refractivity contribution in [2.75, 3.05) is 7.05 Å². The van der Waals surface area contributed by atoms with Crippen molar-refractivity contribution in [3.8, 4) is 0 Å². The molecule has 0 fully saturated rings. The molecule has 2 N–H and O–H groups in total. The molecule has 4 nitrogen and oxygen atoms in total. The number of hydrogen-bond acceptors (Lipinski definition) is 1. The van der Waals surface area contributed by atoms with Crippen LogP contribution in [0, 0.1) is 11.6 Å². The fraction of sp³-hybridized carbons (Fsp3) is 0.267. The van der Waals surface area contributed by atoms with Gasteiger partial charge in [-0.15, -0.1) is 24.0 Å². The Morgan fingerprint density at radius 2 is 1.91 bits per heavy atom. The molecule has 1 aromatic carbocycles. The van der Waals surface area contributed by atoms with Crippen molar-refractivity contribution in [2.24, 2.45) is 12.0 Å². The normalized spacial score (nSPS) is 11.0. The molecule has 2 aromatic rings. The van der Waals surface area contributed by atoms with E-state index >= 15 is 0 Å². The van der Waals surface area contributed by atoms with Crippen LogP contribution in [0.1, 0.15) is 11.1 Å². The summed E-state index contributed by atoms with van der Waals surface area (Å²) in [6.45, 7) is 0.768. The van der Waals surface area contributed by atoms with Crippen molar-refractivity contribution in [1.82, 2.24) is 15.2 Å². The van der Waals surface area contributed by atoms with E-state index in [0.717, 1.165) is 17.7 Å². The first kappa shape index (κ1) is 18.4. The SMILES string of the molecule is CN=C(NCc1ccn(C)c1)NCc1cc(F)ccc1F.I. The van der Waals surface area contributed by atoms with Crippen LogP contribution in [0.15, 0.2) is 41.7 Å². The number of benzene rings is 1. The number of rotatable bonds is 4. The second-order valence-electron chi connectivity index (χ2n) is 4.70. The van der Waals surface area contributed by atoms with Gasteiger partial charge in [0.05, 0.1) is 0 Å². The second-order valence-corrected chi connectivity index (χ2v) is 4.70. The van der Waals surface area contributed by atoms with Gasteiger partial charge in [0.25, 0.3) is 0 Å². The highest BCUT2D eigenvalue weighted by Crippen LogP contribution is 2.09. The summed E-state index contributed by atoms with van der Waals surface area (Å²) in [5.74, 6) is -0.370. The molecule has 0 radical (unpaired) electrons. The van der Waals surface area contributed by atoms with Crippen LogP contribution in [0.25, 0.3) is 0 Å². The van der Waals surface area contributed by atoms with Crippen molar-refractivity contribution >= 4 is 29.9 Å². The van der Waals surface area contributed by atoms with Gasteiger partial charge >= 0.3 is 0 Å². The standard InChI is InChI=1S/C15H18F2N4.HI/c1-18-15(19-8-11-5-6-21(2)10-11)20-9-12-7-13(16)3-4-14(12)17;/h3-7,10H,8-9H2,1-2H3,(H2,18,19,20);1H. The van der Waals surface area contributed by atoms with E-state index in [1.807, 2.05) is 30.1 Å². The third-order valence-corrected chi connectivity index (χ3v) is 3.03. The number of aromatic nitrogens is 1. The zero-order chi connectivity index (χ0) is 15.2. The van der Waals surface area contributed by atoms with E-state index in [9.17, 15) is 8.78 Å². The summed E-state index contributed by atoms with van der Waals surface area (Å²) in [5.41, 5.74) is 1.37. The molecular formula is C15H19F2IN4. The second kappa shape index (κ2) is 8.72. The van der Waals surface area contributed by atoms with Crippen LogP contribution in [0.5, 0.6) is 0 Å². The minimum Gasteiger partial charge on any atom is -0.357 e. The minimum atomic E-state index is -0.458. The Bertz CT molecular complexity index is 640. The number of guanidine groups is 1. The average Bonchev–Trinajstić information content (AvgIpc) is 2.88. The maximum Gasteiger partial charge on any atom is 0.191 e. The van der Waals surface area contributed by atoms with Gasteiger partial charge < -0.3 is 15.2 Å². The van der Waals surface area contributed by atoms with Gasteiger partial charge in [0, 0.05) is 45.1 Å². The molecule has 0 saturated carbocycles. The molecule has 0 saturated heterocycles. The van der Waals surface area contributed by atoms with Gasteiger partial charge in [0.1, 0.15) is 11.6 Å². The summed E-state index contributed by atoms with van der Waals surface area (Å²) in [4.78, 5) is 4.05. The summed E-state index contributed by atoms with van der Waals surface area (Å²) >= 11 is 0. The third kappa shape index (κ3) is 5.28. The van der Waals surface area contributed by atoms with Gasteiger partial charge in [-0.1, -0.05) is 0 Å². The van der Waals surface area contributed by atoms with E-state index < -0.39 is 11.6 Å². The van der Waals surface area contributed by atoms with Gasteiger partial charge in [-0.05, 0) is 29.8 Å². The summed E-state index contributed by atoms with van der Waals surface area (Å²) in [7, 11) is 3.57. The van der Waals surface area contributed by atoms with Crippen LogP contribution in [0.4, 0.5) is 8.78 Å². The van der Waals surface area contributed by atoms with Crippen LogP contribution in [-0.2, 0) is 20.1 Å². The van der Waals surface area contributed by atoms with E-state index in [4.69, 9.17) is 0 Å². The van der Waals surface area contributed by atoms with Crippen molar-refractivity contribution in [1.29, 1.82) is 0 Å². The summed E-state index contributed by atoms with van der Waals surface area (Å²) < 4.78 is 28.5. The monoisotopic (exact) mass is 420 g/mol. The Balaban J connectivity index is 0.00000242. The zero-order valence-electron chi connectivity index (χ0n) is 12.4. The van der Waals surface area contributed by atoms with Crippen LogP contribution >= 0.6 is 24.0 Å². The number of nitrogens with zero attached hydrogens (tertiary/aromatic N) is 2. The van der Waals surface area contributed by atoms with Crippen LogP contribution in [0.2, 0.25) is 0 Å². The summed E-state index contributed by atoms with van der Waals surface area (Å²) in [6, 6.07) is 5.38. The Morgan fingerprint density at radius 1 is 1.18 bits per heavy atom. The first-order valence-corrected chi connectivity index (χ1v) is 6.58. The van der Waals surface area contributed by atoms with Crippen molar-refractivity contribution in [3.63, 3.8) is 0 Å². The lowest BCUT2D eigenvalue weighted by Crippen LogP contribution is -2.36. The maximum atomic E-state index is 13.5. The molecule has 7 heteroatoms. The number of hydrogen-bond donors (Lipinski definition) is 2. The fourth-order valence-corrected chi connectivity index (χ4v) is 1.93. The molecule has 1 heterocycles. The Hall–Kier alpha value is -1.64. The van der Waals surface area contributed by atoms with Crippen LogP contribution < -0.4 is 10.6 Å². The van der Waals surface area contributed by atoms with Gasteiger partial charge in [0.2, 0.25) is 0 Å². The predicted octanol–water partition coefficient (Wildman–Crippen LogP) is 2.79. The first-order chi connectivity index (χ1) is 10.1.